The summed E-state index contributed by atoms with van der Waals surface area (Å²) in [6.45, 7) is 2.00. The molecule has 1 atom stereocenters. The average Bonchev–Trinajstić information content (AvgIpc) is 2.67. The van der Waals surface area contributed by atoms with E-state index in [4.69, 9.17) is 10.5 Å². The number of pyridine rings is 1. The number of halogens is 4. The van der Waals surface area contributed by atoms with Crippen LogP contribution >= 0.6 is 0 Å². The van der Waals surface area contributed by atoms with Gasteiger partial charge in [0.25, 0.3) is 5.88 Å². The Morgan fingerprint density at radius 2 is 1.93 bits per heavy atom. The SMILES string of the molecule is C[C@H](N)COc1nc(N2CCN(c3ncc(C(F)(F)F)cn3)CC2=O)ccc1F. The molecule has 1 amide bonds. The van der Waals surface area contributed by atoms with E-state index in [1.807, 2.05) is 0 Å². The van der Waals surface area contributed by atoms with Gasteiger partial charge in [-0.15, -0.1) is 0 Å². The molecule has 1 fully saturated rings. The largest absolute Gasteiger partial charge is 0.474 e. The van der Waals surface area contributed by atoms with Crippen molar-refractivity contribution in [3.05, 3.63) is 35.9 Å². The first-order valence-electron chi connectivity index (χ1n) is 8.64. The Labute approximate surface area is 163 Å². The molecule has 3 rings (SSSR count). The van der Waals surface area contributed by atoms with Gasteiger partial charge in [-0.05, 0) is 19.1 Å². The fraction of sp³-hybridized carbons (Fsp3) is 0.412. The topological polar surface area (TPSA) is 97.5 Å². The van der Waals surface area contributed by atoms with Crippen LogP contribution < -0.4 is 20.3 Å². The van der Waals surface area contributed by atoms with Crippen molar-refractivity contribution in [3.63, 3.8) is 0 Å². The number of nitrogens with two attached hydrogens (primary N) is 1. The number of rotatable bonds is 5. The van der Waals surface area contributed by atoms with Crippen molar-refractivity contribution in [2.75, 3.05) is 36.0 Å². The minimum absolute atomic E-state index is 0.0130. The molecule has 12 heteroatoms. The summed E-state index contributed by atoms with van der Waals surface area (Å²) in [5, 5.41) is 0. The van der Waals surface area contributed by atoms with Crippen molar-refractivity contribution in [1.82, 2.24) is 15.0 Å². The quantitative estimate of drug-likeness (QED) is 0.743. The first-order valence-corrected chi connectivity index (χ1v) is 8.64. The van der Waals surface area contributed by atoms with Crippen LogP contribution in [0.3, 0.4) is 0 Å². The molecule has 2 aromatic rings. The highest BCUT2D eigenvalue weighted by Gasteiger charge is 2.32. The number of nitrogens with zero attached hydrogens (tertiary/aromatic N) is 5. The number of alkyl halides is 3. The molecule has 0 aliphatic carbocycles. The average molecular weight is 414 g/mol. The Bertz CT molecular complexity index is 875. The van der Waals surface area contributed by atoms with Gasteiger partial charge < -0.3 is 15.4 Å². The van der Waals surface area contributed by atoms with E-state index in [1.54, 1.807) is 6.92 Å². The van der Waals surface area contributed by atoms with Gasteiger partial charge in [0, 0.05) is 31.5 Å². The zero-order chi connectivity index (χ0) is 21.2. The Morgan fingerprint density at radius 3 is 2.52 bits per heavy atom. The highest BCUT2D eigenvalue weighted by molar-refractivity contribution is 5.96. The predicted octanol–water partition coefficient (Wildman–Crippen LogP) is 1.61. The third kappa shape index (κ3) is 4.88. The molecule has 0 aromatic carbocycles. The van der Waals surface area contributed by atoms with Crippen LogP contribution in [0, 0.1) is 5.82 Å². The fourth-order valence-corrected chi connectivity index (χ4v) is 2.59. The Morgan fingerprint density at radius 1 is 1.24 bits per heavy atom. The van der Waals surface area contributed by atoms with Gasteiger partial charge in [0.1, 0.15) is 19.0 Å². The minimum Gasteiger partial charge on any atom is -0.474 e. The van der Waals surface area contributed by atoms with Crippen molar-refractivity contribution >= 4 is 17.7 Å². The Hall–Kier alpha value is -3.02. The number of anilines is 2. The van der Waals surface area contributed by atoms with Crippen LogP contribution in [0.2, 0.25) is 0 Å². The molecule has 156 valence electrons. The second-order valence-electron chi connectivity index (χ2n) is 6.48. The monoisotopic (exact) mass is 414 g/mol. The van der Waals surface area contributed by atoms with E-state index in [2.05, 4.69) is 15.0 Å². The first kappa shape index (κ1) is 20.7. The van der Waals surface area contributed by atoms with Crippen LogP contribution in [-0.4, -0.2) is 53.1 Å². The van der Waals surface area contributed by atoms with E-state index in [0.717, 1.165) is 6.07 Å². The smallest absolute Gasteiger partial charge is 0.419 e. The van der Waals surface area contributed by atoms with Gasteiger partial charge in [-0.2, -0.15) is 18.2 Å². The van der Waals surface area contributed by atoms with E-state index in [9.17, 15) is 22.4 Å². The van der Waals surface area contributed by atoms with Crippen LogP contribution in [-0.2, 0) is 11.0 Å². The molecular weight excluding hydrogens is 396 g/mol. The number of ether oxygens (including phenoxy) is 1. The number of carbonyl (C=O) groups excluding carboxylic acids is 1. The summed E-state index contributed by atoms with van der Waals surface area (Å²) in [5.41, 5.74) is 4.61. The summed E-state index contributed by atoms with van der Waals surface area (Å²) in [6.07, 6.45) is -3.20. The van der Waals surface area contributed by atoms with E-state index in [0.29, 0.717) is 12.4 Å². The molecule has 0 unspecified atom stereocenters. The Balaban J connectivity index is 1.70. The van der Waals surface area contributed by atoms with Gasteiger partial charge in [-0.3, -0.25) is 9.69 Å². The lowest BCUT2D eigenvalue weighted by atomic mass is 10.3. The summed E-state index contributed by atoms with van der Waals surface area (Å²) in [6, 6.07) is 2.15. The lowest BCUT2D eigenvalue weighted by Gasteiger charge is -2.33. The van der Waals surface area contributed by atoms with Crippen LogP contribution in [0.15, 0.2) is 24.5 Å². The molecule has 2 aromatic heterocycles. The molecule has 1 saturated heterocycles. The van der Waals surface area contributed by atoms with E-state index >= 15 is 0 Å². The first-order chi connectivity index (χ1) is 13.6. The maximum Gasteiger partial charge on any atom is 0.419 e. The number of carbonyl (C=O) groups is 1. The third-order valence-corrected chi connectivity index (χ3v) is 4.03. The molecule has 1 aliphatic rings. The van der Waals surface area contributed by atoms with Gasteiger partial charge in [0.15, 0.2) is 5.82 Å². The van der Waals surface area contributed by atoms with Crippen molar-refractivity contribution in [2.45, 2.75) is 19.1 Å². The molecular formula is C17H18F4N6O2. The zero-order valence-corrected chi connectivity index (χ0v) is 15.4. The fourth-order valence-electron chi connectivity index (χ4n) is 2.59. The molecule has 3 heterocycles. The van der Waals surface area contributed by atoms with Crippen molar-refractivity contribution in [2.24, 2.45) is 5.73 Å². The minimum atomic E-state index is -4.54. The van der Waals surface area contributed by atoms with Crippen molar-refractivity contribution in [3.8, 4) is 5.88 Å². The molecule has 0 bridgehead atoms. The van der Waals surface area contributed by atoms with Gasteiger partial charge in [-0.25, -0.2) is 14.4 Å². The summed E-state index contributed by atoms with van der Waals surface area (Å²) >= 11 is 0. The maximum atomic E-state index is 13.8. The number of hydrogen-bond donors (Lipinski definition) is 1. The van der Waals surface area contributed by atoms with Gasteiger partial charge in [0.05, 0.1) is 5.56 Å². The highest BCUT2D eigenvalue weighted by atomic mass is 19.4. The normalized spacial score (nSPS) is 16.1. The summed E-state index contributed by atoms with van der Waals surface area (Å²) in [7, 11) is 0. The summed E-state index contributed by atoms with van der Waals surface area (Å²) < 4.78 is 56.9. The van der Waals surface area contributed by atoms with Crippen molar-refractivity contribution in [1.29, 1.82) is 0 Å². The molecule has 8 nitrogen and oxygen atoms in total. The van der Waals surface area contributed by atoms with Crippen LogP contribution in [0.5, 0.6) is 5.88 Å². The van der Waals surface area contributed by atoms with Crippen LogP contribution in [0.4, 0.5) is 29.3 Å². The maximum absolute atomic E-state index is 13.8. The number of piperazine rings is 1. The number of aromatic nitrogens is 3. The van der Waals surface area contributed by atoms with Crippen LogP contribution in [0.1, 0.15) is 12.5 Å². The molecule has 29 heavy (non-hydrogen) atoms. The highest BCUT2D eigenvalue weighted by Crippen LogP contribution is 2.28. The molecule has 2 N–H and O–H groups in total. The van der Waals surface area contributed by atoms with E-state index in [-0.39, 0.29) is 49.9 Å². The second kappa shape index (κ2) is 8.15. The van der Waals surface area contributed by atoms with Crippen LogP contribution in [0.25, 0.3) is 0 Å². The molecule has 0 radical (unpaired) electrons. The third-order valence-electron chi connectivity index (χ3n) is 4.03. The zero-order valence-electron chi connectivity index (χ0n) is 15.4. The predicted molar refractivity (Wildman–Crippen MR) is 94.9 cm³/mol. The van der Waals surface area contributed by atoms with Gasteiger partial charge >= 0.3 is 6.18 Å². The molecule has 1 aliphatic heterocycles. The van der Waals surface area contributed by atoms with Gasteiger partial charge in [-0.1, -0.05) is 0 Å². The molecule has 0 saturated carbocycles. The van der Waals surface area contributed by atoms with Gasteiger partial charge in [0.2, 0.25) is 11.9 Å². The number of amides is 1. The summed E-state index contributed by atoms with van der Waals surface area (Å²) in [4.78, 5) is 26.7. The van der Waals surface area contributed by atoms with Crippen molar-refractivity contribution < 1.29 is 27.1 Å². The molecule has 0 spiro atoms. The second-order valence-corrected chi connectivity index (χ2v) is 6.48. The van der Waals surface area contributed by atoms with E-state index < -0.39 is 23.5 Å². The summed E-state index contributed by atoms with van der Waals surface area (Å²) in [5.74, 6) is -1.13. The lowest BCUT2D eigenvalue weighted by molar-refractivity contribution is -0.138. The lowest BCUT2D eigenvalue weighted by Crippen LogP contribution is -2.51. The standard InChI is InChI=1S/C17H18F4N6O2/c1-10(22)9-29-15-12(18)2-3-13(25-15)27-5-4-26(8-14(27)28)16-23-6-11(7-24-16)17(19,20)21/h2-3,6-7,10H,4-5,8-9,22H2,1H3/t10-/m0/s1. The Kier molecular flexibility index (Phi) is 5.82. The van der Waals surface area contributed by atoms with E-state index in [1.165, 1.54) is 15.9 Å². The number of hydrogen-bond acceptors (Lipinski definition) is 7.